The quantitative estimate of drug-likeness (QED) is 0.722. The van der Waals surface area contributed by atoms with E-state index in [4.69, 9.17) is 17.3 Å². The molecule has 0 amide bonds. The van der Waals surface area contributed by atoms with Crippen LogP contribution in [0.15, 0.2) is 12.1 Å². The molecule has 1 aromatic rings. The normalized spacial score (nSPS) is 15.4. The molecule has 0 aliphatic rings. The SMILES string of the molecule is CNC(CCN)C(O)c1ccc(Cl)s1. The second kappa shape index (κ2) is 5.68. The number of hydrogen-bond acceptors (Lipinski definition) is 4. The van der Waals surface area contributed by atoms with Crippen molar-refractivity contribution in [1.82, 2.24) is 5.32 Å². The van der Waals surface area contributed by atoms with Gasteiger partial charge in [0.15, 0.2) is 0 Å². The number of thiophene rings is 1. The van der Waals surface area contributed by atoms with E-state index in [1.54, 1.807) is 6.07 Å². The van der Waals surface area contributed by atoms with Crippen LogP contribution in [0.2, 0.25) is 4.34 Å². The van der Waals surface area contributed by atoms with Gasteiger partial charge in [0, 0.05) is 10.9 Å². The zero-order valence-electron chi connectivity index (χ0n) is 8.03. The molecule has 0 saturated heterocycles. The lowest BCUT2D eigenvalue weighted by molar-refractivity contribution is 0.132. The number of nitrogens with one attached hydrogen (secondary N) is 1. The van der Waals surface area contributed by atoms with Crippen LogP contribution in [0, 0.1) is 0 Å². The van der Waals surface area contributed by atoms with Gasteiger partial charge in [-0.1, -0.05) is 11.6 Å². The minimum absolute atomic E-state index is 0.00489. The molecular formula is C9H15ClN2OS. The smallest absolute Gasteiger partial charge is 0.103 e. The van der Waals surface area contributed by atoms with Gasteiger partial charge in [0.05, 0.1) is 4.34 Å². The van der Waals surface area contributed by atoms with Crippen LogP contribution in [0.25, 0.3) is 0 Å². The first-order valence-corrected chi connectivity index (χ1v) is 5.69. The van der Waals surface area contributed by atoms with E-state index in [1.165, 1.54) is 11.3 Å². The zero-order valence-corrected chi connectivity index (χ0v) is 9.61. The van der Waals surface area contributed by atoms with Crippen LogP contribution in [0.1, 0.15) is 17.4 Å². The number of rotatable bonds is 5. The van der Waals surface area contributed by atoms with Crippen molar-refractivity contribution in [3.05, 3.63) is 21.3 Å². The molecule has 2 atom stereocenters. The Morgan fingerprint density at radius 1 is 1.64 bits per heavy atom. The van der Waals surface area contributed by atoms with Crippen LogP contribution in [0.4, 0.5) is 0 Å². The summed E-state index contributed by atoms with van der Waals surface area (Å²) in [4.78, 5) is 0.878. The molecular weight excluding hydrogens is 220 g/mol. The van der Waals surface area contributed by atoms with Crippen molar-refractivity contribution in [1.29, 1.82) is 0 Å². The highest BCUT2D eigenvalue weighted by atomic mass is 35.5. The Bertz CT molecular complexity index is 280. The molecule has 0 fully saturated rings. The molecule has 0 aliphatic heterocycles. The minimum atomic E-state index is -0.527. The van der Waals surface area contributed by atoms with E-state index in [-0.39, 0.29) is 6.04 Å². The first-order valence-electron chi connectivity index (χ1n) is 4.49. The molecule has 1 aromatic heterocycles. The number of aliphatic hydroxyl groups excluding tert-OH is 1. The molecule has 5 heteroatoms. The lowest BCUT2D eigenvalue weighted by Crippen LogP contribution is -2.33. The van der Waals surface area contributed by atoms with Crippen LogP contribution < -0.4 is 11.1 Å². The van der Waals surface area contributed by atoms with Crippen molar-refractivity contribution in [2.45, 2.75) is 18.6 Å². The average Bonchev–Trinajstić information content (AvgIpc) is 2.60. The highest BCUT2D eigenvalue weighted by Gasteiger charge is 2.19. The molecule has 80 valence electrons. The fraction of sp³-hybridized carbons (Fsp3) is 0.556. The minimum Gasteiger partial charge on any atom is -0.386 e. The summed E-state index contributed by atoms with van der Waals surface area (Å²) in [5.74, 6) is 0. The van der Waals surface area contributed by atoms with Crippen molar-refractivity contribution in [3.8, 4) is 0 Å². The van der Waals surface area contributed by atoms with Crippen LogP contribution in [-0.4, -0.2) is 24.7 Å². The van der Waals surface area contributed by atoms with Crippen molar-refractivity contribution in [3.63, 3.8) is 0 Å². The van der Waals surface area contributed by atoms with Gasteiger partial charge in [-0.05, 0) is 32.1 Å². The molecule has 4 N–H and O–H groups in total. The summed E-state index contributed by atoms with van der Waals surface area (Å²) in [6, 6.07) is 3.63. The molecule has 0 radical (unpaired) electrons. The Hall–Kier alpha value is -0.130. The average molecular weight is 235 g/mol. The van der Waals surface area contributed by atoms with Gasteiger partial charge in [0.1, 0.15) is 6.10 Å². The fourth-order valence-corrected chi connectivity index (χ4v) is 2.44. The van der Waals surface area contributed by atoms with E-state index in [9.17, 15) is 5.11 Å². The molecule has 0 aliphatic carbocycles. The lowest BCUT2D eigenvalue weighted by Gasteiger charge is -2.20. The van der Waals surface area contributed by atoms with E-state index in [2.05, 4.69) is 5.32 Å². The number of likely N-dealkylation sites (N-methyl/N-ethyl adjacent to an activating group) is 1. The highest BCUT2D eigenvalue weighted by Crippen LogP contribution is 2.29. The molecule has 0 spiro atoms. The van der Waals surface area contributed by atoms with Crippen LogP contribution in [-0.2, 0) is 0 Å². The number of nitrogens with two attached hydrogens (primary N) is 1. The Morgan fingerprint density at radius 3 is 2.79 bits per heavy atom. The maximum Gasteiger partial charge on any atom is 0.103 e. The van der Waals surface area contributed by atoms with Crippen LogP contribution >= 0.6 is 22.9 Å². The van der Waals surface area contributed by atoms with E-state index in [0.29, 0.717) is 10.9 Å². The Morgan fingerprint density at radius 2 is 2.36 bits per heavy atom. The topological polar surface area (TPSA) is 58.3 Å². The summed E-state index contributed by atoms with van der Waals surface area (Å²) in [5, 5.41) is 13.0. The van der Waals surface area contributed by atoms with Crippen molar-refractivity contribution in [2.24, 2.45) is 5.73 Å². The standard InChI is InChI=1S/C9H15ClN2OS/c1-12-6(4-5-11)9(13)7-2-3-8(10)14-7/h2-3,6,9,12-13H,4-5,11H2,1H3. The largest absolute Gasteiger partial charge is 0.386 e. The predicted molar refractivity (Wildman–Crippen MR) is 60.8 cm³/mol. The second-order valence-electron chi connectivity index (χ2n) is 3.06. The van der Waals surface area contributed by atoms with Gasteiger partial charge in [-0.25, -0.2) is 0 Å². The van der Waals surface area contributed by atoms with Crippen molar-refractivity contribution >= 4 is 22.9 Å². The Labute approximate surface area is 92.9 Å². The predicted octanol–water partition coefficient (Wildman–Crippen LogP) is 1.37. The molecule has 1 heterocycles. The maximum absolute atomic E-state index is 9.96. The number of hydrogen-bond donors (Lipinski definition) is 3. The molecule has 0 saturated carbocycles. The third kappa shape index (κ3) is 2.93. The summed E-state index contributed by atoms with van der Waals surface area (Å²) in [7, 11) is 1.82. The van der Waals surface area contributed by atoms with Gasteiger partial charge in [-0.2, -0.15) is 0 Å². The summed E-state index contributed by atoms with van der Waals surface area (Å²) in [5.41, 5.74) is 5.45. The highest BCUT2D eigenvalue weighted by molar-refractivity contribution is 7.16. The fourth-order valence-electron chi connectivity index (χ4n) is 1.33. The first-order chi connectivity index (χ1) is 6.69. The summed E-state index contributed by atoms with van der Waals surface area (Å²) in [6.07, 6.45) is 0.216. The third-order valence-corrected chi connectivity index (χ3v) is 3.42. The molecule has 0 aromatic carbocycles. The van der Waals surface area contributed by atoms with Crippen LogP contribution in [0.3, 0.4) is 0 Å². The van der Waals surface area contributed by atoms with Gasteiger partial charge in [0.25, 0.3) is 0 Å². The van der Waals surface area contributed by atoms with Crippen molar-refractivity contribution < 1.29 is 5.11 Å². The monoisotopic (exact) mass is 234 g/mol. The summed E-state index contributed by atoms with van der Waals surface area (Å²) in [6.45, 7) is 0.557. The summed E-state index contributed by atoms with van der Waals surface area (Å²) < 4.78 is 0.696. The Kier molecular flexibility index (Phi) is 4.84. The van der Waals surface area contributed by atoms with Crippen LogP contribution in [0.5, 0.6) is 0 Å². The molecule has 1 rings (SSSR count). The van der Waals surface area contributed by atoms with Gasteiger partial charge >= 0.3 is 0 Å². The van der Waals surface area contributed by atoms with E-state index in [1.807, 2.05) is 13.1 Å². The van der Waals surface area contributed by atoms with Crippen molar-refractivity contribution in [2.75, 3.05) is 13.6 Å². The lowest BCUT2D eigenvalue weighted by atomic mass is 10.1. The maximum atomic E-state index is 9.96. The van der Waals surface area contributed by atoms with E-state index >= 15 is 0 Å². The molecule has 0 bridgehead atoms. The van der Waals surface area contributed by atoms with Gasteiger partial charge in [0.2, 0.25) is 0 Å². The first kappa shape index (κ1) is 11.9. The number of aliphatic hydroxyl groups is 1. The second-order valence-corrected chi connectivity index (χ2v) is 4.81. The van der Waals surface area contributed by atoms with Gasteiger partial charge in [-0.3, -0.25) is 0 Å². The van der Waals surface area contributed by atoms with Gasteiger partial charge < -0.3 is 16.2 Å². The van der Waals surface area contributed by atoms with E-state index < -0.39 is 6.10 Å². The molecule has 2 unspecified atom stereocenters. The molecule has 3 nitrogen and oxygen atoms in total. The third-order valence-electron chi connectivity index (χ3n) is 2.12. The Balaban J connectivity index is 2.66. The van der Waals surface area contributed by atoms with E-state index in [0.717, 1.165) is 11.3 Å². The molecule has 14 heavy (non-hydrogen) atoms. The zero-order chi connectivity index (χ0) is 10.6. The number of halogens is 1. The van der Waals surface area contributed by atoms with Gasteiger partial charge in [-0.15, -0.1) is 11.3 Å². The summed E-state index contributed by atoms with van der Waals surface area (Å²) >= 11 is 7.19.